The molecular weight excluding hydrogens is 578 g/mol. The van der Waals surface area contributed by atoms with Crippen LogP contribution in [0.4, 0.5) is 5.69 Å². The van der Waals surface area contributed by atoms with Gasteiger partial charge < -0.3 is 10.2 Å². The van der Waals surface area contributed by atoms with E-state index in [1.165, 1.54) is 56.8 Å². The molecule has 1 aromatic heterocycles. The van der Waals surface area contributed by atoms with E-state index < -0.39 is 0 Å². The molecular formula is C41H67N5O. The van der Waals surface area contributed by atoms with Crippen molar-refractivity contribution in [2.75, 3.05) is 12.4 Å². The summed E-state index contributed by atoms with van der Waals surface area (Å²) < 4.78 is 1.80. The number of likely N-dealkylation sites (N-methyl/N-ethyl adjacent to an activating group) is 1. The fourth-order valence-corrected chi connectivity index (χ4v) is 6.61. The van der Waals surface area contributed by atoms with Crippen molar-refractivity contribution >= 4 is 17.9 Å². The fraction of sp³-hybridized carbons (Fsp3) is 0.634. The van der Waals surface area contributed by atoms with Gasteiger partial charge in [0, 0.05) is 30.5 Å². The third kappa shape index (κ3) is 11.5. The topological polar surface area (TPSA) is 85.0 Å². The number of allylic oxidation sites excluding steroid dienone is 2. The van der Waals surface area contributed by atoms with Crippen molar-refractivity contribution in [3.05, 3.63) is 69.3 Å². The van der Waals surface area contributed by atoms with E-state index in [-0.39, 0.29) is 11.5 Å². The van der Waals surface area contributed by atoms with Gasteiger partial charge in [-0.25, -0.2) is 0 Å². The van der Waals surface area contributed by atoms with Crippen molar-refractivity contribution in [1.82, 2.24) is 9.47 Å². The molecule has 47 heavy (non-hydrogen) atoms. The van der Waals surface area contributed by atoms with E-state index in [0.29, 0.717) is 23.4 Å². The van der Waals surface area contributed by atoms with Crippen LogP contribution in [0.1, 0.15) is 155 Å². The molecule has 0 saturated heterocycles. The van der Waals surface area contributed by atoms with Crippen LogP contribution in [0.5, 0.6) is 0 Å². The van der Waals surface area contributed by atoms with Gasteiger partial charge in [-0.2, -0.15) is 0 Å². The summed E-state index contributed by atoms with van der Waals surface area (Å²) in [7, 11) is 1.77. The summed E-state index contributed by atoms with van der Waals surface area (Å²) in [5, 5.41) is 19.9. The van der Waals surface area contributed by atoms with E-state index in [1.54, 1.807) is 16.5 Å². The largest absolute Gasteiger partial charge is 0.355 e. The average Bonchev–Trinajstić information content (AvgIpc) is 3.89. The third-order valence-electron chi connectivity index (χ3n) is 9.56. The lowest BCUT2D eigenvalue weighted by atomic mass is 9.72. The predicted octanol–water partition coefficient (Wildman–Crippen LogP) is 11.4. The molecule has 0 spiro atoms. The number of hydrogen-bond donors (Lipinski definition) is 3. The number of anilines is 1. The van der Waals surface area contributed by atoms with Crippen LogP contribution in [0.15, 0.2) is 47.0 Å². The Balaban J connectivity index is 0.000000549. The van der Waals surface area contributed by atoms with Crippen LogP contribution in [0.2, 0.25) is 0 Å². The van der Waals surface area contributed by atoms with Crippen molar-refractivity contribution in [3.8, 4) is 5.69 Å². The lowest BCUT2D eigenvalue weighted by molar-refractivity contribution is 0.291. The summed E-state index contributed by atoms with van der Waals surface area (Å²) in [6.07, 6.45) is 18.5. The van der Waals surface area contributed by atoms with E-state index in [0.717, 1.165) is 60.0 Å². The first-order valence-corrected chi connectivity index (χ1v) is 18.7. The number of unbranched alkanes of at least 4 members (excludes halogenated alkanes) is 1. The smallest absolute Gasteiger partial charge is 0.279 e. The Morgan fingerprint density at radius 1 is 1.11 bits per heavy atom. The number of nitrogens with one attached hydrogen (secondary N) is 3. The molecule has 0 amide bonds. The molecule has 2 aromatic rings. The van der Waals surface area contributed by atoms with E-state index >= 15 is 0 Å². The normalized spacial score (nSPS) is 15.8. The van der Waals surface area contributed by atoms with Crippen LogP contribution in [0.25, 0.3) is 5.69 Å². The van der Waals surface area contributed by atoms with Crippen LogP contribution < -0.4 is 10.9 Å². The van der Waals surface area contributed by atoms with Crippen LogP contribution in [0, 0.1) is 35.5 Å². The molecule has 1 heterocycles. The van der Waals surface area contributed by atoms with E-state index in [4.69, 9.17) is 10.8 Å². The number of rotatable bonds is 15. The first kappa shape index (κ1) is 40.0. The van der Waals surface area contributed by atoms with Crippen molar-refractivity contribution < 1.29 is 0 Å². The lowest BCUT2D eigenvalue weighted by Gasteiger charge is -2.36. The Morgan fingerprint density at radius 2 is 1.79 bits per heavy atom. The summed E-state index contributed by atoms with van der Waals surface area (Å²) in [6, 6.07) is 8.14. The molecule has 0 aliphatic heterocycles. The standard InChI is InChI=1S/C29H39N5O.C10H22.C2H6/c1-5-9-23(6-2)32-27-19(3)25(20-14-15-20)17-34(29(27)35)24-13-8-12-22(16-24)26(21-10-7-11-21)28(31)33(4)18-30;1-5-6-7-10(4)8-9(2)3;1-2/h8-9,12-13,16-18,20-21,26,30-32H,5-7,10-11,14-15H2,1-4H3;9-10H,5-8H2,1-4H3;1-2H3/b23-9+,30-18?,31-28?;;. The highest BCUT2D eigenvalue weighted by Crippen LogP contribution is 2.43. The SMILES string of the molecule is CC.CC/C=C(\CC)Nc1c(C)c(C2CC2)cn(-c2cccc(C(C(=N)N(C)C=N)C3CCC3)c2)c1=O.CCCCC(C)CC(C)C. The van der Waals surface area contributed by atoms with Crippen molar-refractivity contribution in [3.63, 3.8) is 0 Å². The zero-order valence-electron chi connectivity index (χ0n) is 31.5. The summed E-state index contributed by atoms with van der Waals surface area (Å²) in [5.74, 6) is 3.11. The molecule has 4 rings (SSSR count). The number of amidine groups is 1. The maximum atomic E-state index is 13.8. The lowest BCUT2D eigenvalue weighted by Crippen LogP contribution is -2.36. The minimum atomic E-state index is -0.0730. The highest BCUT2D eigenvalue weighted by molar-refractivity contribution is 5.94. The third-order valence-corrected chi connectivity index (χ3v) is 9.56. The molecule has 2 atom stereocenters. The number of nitrogens with zero attached hydrogens (tertiary/aromatic N) is 2. The summed E-state index contributed by atoms with van der Waals surface area (Å²) in [5.41, 5.74) is 5.90. The highest BCUT2D eigenvalue weighted by Gasteiger charge is 2.33. The maximum Gasteiger partial charge on any atom is 0.279 e. The van der Waals surface area contributed by atoms with Gasteiger partial charge in [0.1, 0.15) is 11.5 Å². The number of aromatic nitrogens is 1. The predicted molar refractivity (Wildman–Crippen MR) is 205 cm³/mol. The monoisotopic (exact) mass is 646 g/mol. The molecule has 6 heteroatoms. The first-order chi connectivity index (χ1) is 22.6. The van der Waals surface area contributed by atoms with Crippen molar-refractivity contribution in [1.29, 1.82) is 10.8 Å². The molecule has 3 N–H and O–H groups in total. The van der Waals surface area contributed by atoms with Crippen LogP contribution in [-0.4, -0.2) is 28.7 Å². The molecule has 0 radical (unpaired) electrons. The second-order valence-electron chi connectivity index (χ2n) is 13.9. The van der Waals surface area contributed by atoms with Gasteiger partial charge in [0.05, 0.1) is 6.34 Å². The molecule has 6 nitrogen and oxygen atoms in total. The molecule has 2 aliphatic carbocycles. The molecule has 1 aromatic carbocycles. The second kappa shape index (κ2) is 20.3. The van der Waals surface area contributed by atoms with Crippen LogP contribution >= 0.6 is 0 Å². The molecule has 2 aliphatic rings. The van der Waals surface area contributed by atoms with Gasteiger partial charge in [0.2, 0.25) is 0 Å². The Hall–Kier alpha value is -3.15. The number of pyridine rings is 1. The zero-order chi connectivity index (χ0) is 35.1. The van der Waals surface area contributed by atoms with Gasteiger partial charge in [0.15, 0.2) is 0 Å². The quantitative estimate of drug-likeness (QED) is 0.133. The molecule has 262 valence electrons. The van der Waals surface area contributed by atoms with Crippen LogP contribution in [0.3, 0.4) is 0 Å². The van der Waals surface area contributed by atoms with Gasteiger partial charge in [-0.05, 0) is 104 Å². The molecule has 0 bridgehead atoms. The Morgan fingerprint density at radius 3 is 2.30 bits per heavy atom. The molecule has 2 unspecified atom stereocenters. The molecule has 2 fully saturated rings. The van der Waals surface area contributed by atoms with E-state index in [2.05, 4.69) is 72.0 Å². The summed E-state index contributed by atoms with van der Waals surface area (Å²) in [6.45, 7) is 19.5. The van der Waals surface area contributed by atoms with Crippen molar-refractivity contribution in [2.24, 2.45) is 17.8 Å². The van der Waals surface area contributed by atoms with Crippen LogP contribution in [-0.2, 0) is 0 Å². The number of hydrogen-bond acceptors (Lipinski definition) is 4. The first-order valence-electron chi connectivity index (χ1n) is 18.7. The van der Waals surface area contributed by atoms with Crippen molar-refractivity contribution in [2.45, 2.75) is 145 Å². The highest BCUT2D eigenvalue weighted by atomic mass is 16.1. The minimum Gasteiger partial charge on any atom is -0.355 e. The summed E-state index contributed by atoms with van der Waals surface area (Å²) in [4.78, 5) is 15.4. The van der Waals surface area contributed by atoms with Gasteiger partial charge in [-0.3, -0.25) is 20.2 Å². The average molecular weight is 646 g/mol. The van der Waals surface area contributed by atoms with Gasteiger partial charge in [-0.1, -0.05) is 99.3 Å². The number of benzene rings is 1. The minimum absolute atomic E-state index is 0.0358. The molecule has 2 saturated carbocycles. The summed E-state index contributed by atoms with van der Waals surface area (Å²) >= 11 is 0. The fourth-order valence-electron chi connectivity index (χ4n) is 6.61. The van der Waals surface area contributed by atoms with Gasteiger partial charge in [0.25, 0.3) is 5.56 Å². The Bertz CT molecular complexity index is 1350. The second-order valence-corrected chi connectivity index (χ2v) is 13.9. The Labute approximate surface area is 287 Å². The zero-order valence-corrected chi connectivity index (χ0v) is 31.5. The maximum absolute atomic E-state index is 13.8. The van der Waals surface area contributed by atoms with Gasteiger partial charge >= 0.3 is 0 Å². The Kier molecular flexibility index (Phi) is 17.3. The van der Waals surface area contributed by atoms with Gasteiger partial charge in [-0.15, -0.1) is 0 Å². The van der Waals surface area contributed by atoms with E-state index in [9.17, 15) is 4.79 Å². The van der Waals surface area contributed by atoms with E-state index in [1.807, 2.05) is 32.2 Å².